The Morgan fingerprint density at radius 2 is 1.81 bits per heavy atom. The number of amides is 1. The third-order valence-electron chi connectivity index (χ3n) is 4.97. The van der Waals surface area contributed by atoms with Crippen LogP contribution in [0.3, 0.4) is 0 Å². The van der Waals surface area contributed by atoms with Gasteiger partial charge in [-0.1, -0.05) is 42.5 Å². The van der Waals surface area contributed by atoms with E-state index < -0.39 is 0 Å². The fourth-order valence-electron chi connectivity index (χ4n) is 3.60. The molecule has 0 saturated heterocycles. The van der Waals surface area contributed by atoms with Gasteiger partial charge in [0.15, 0.2) is 0 Å². The maximum atomic E-state index is 12.8. The van der Waals surface area contributed by atoms with E-state index in [9.17, 15) is 4.79 Å². The molecule has 0 aliphatic heterocycles. The molecule has 0 spiro atoms. The number of nitrogens with one attached hydrogen (secondary N) is 1. The number of nitrogens with two attached hydrogens (primary N) is 1. The second kappa shape index (κ2) is 7.04. The molecule has 0 fully saturated rings. The number of nitrogens with zero attached hydrogens (tertiary/aromatic N) is 2. The van der Waals surface area contributed by atoms with Crippen molar-refractivity contribution in [2.24, 2.45) is 0 Å². The van der Waals surface area contributed by atoms with Crippen LogP contribution in [0.1, 0.15) is 34.3 Å². The van der Waals surface area contributed by atoms with Gasteiger partial charge in [0.2, 0.25) is 0 Å². The second-order valence-corrected chi connectivity index (χ2v) is 6.73. The van der Waals surface area contributed by atoms with Crippen LogP contribution in [0.2, 0.25) is 0 Å². The van der Waals surface area contributed by atoms with Gasteiger partial charge in [0.25, 0.3) is 5.91 Å². The number of aromatic nitrogens is 2. The first kappa shape index (κ1) is 16.4. The molecule has 3 N–H and O–H groups in total. The molecule has 1 amide bonds. The summed E-state index contributed by atoms with van der Waals surface area (Å²) in [6.07, 6.45) is 5.50. The van der Waals surface area contributed by atoms with Crippen molar-refractivity contribution in [3.05, 3.63) is 77.5 Å². The highest BCUT2D eigenvalue weighted by Gasteiger charge is 2.22. The van der Waals surface area contributed by atoms with E-state index >= 15 is 0 Å². The minimum atomic E-state index is -0.158. The minimum Gasteiger partial charge on any atom is -0.383 e. The molecule has 1 atom stereocenters. The fraction of sp³-hybridized carbons (Fsp3) is 0.238. The number of benzene rings is 2. The lowest BCUT2D eigenvalue weighted by atomic mass is 10.0. The number of fused-ring (bicyclic) bond motifs is 1. The lowest BCUT2D eigenvalue weighted by Crippen LogP contribution is -2.36. The molecule has 4 rings (SSSR count). The van der Waals surface area contributed by atoms with Gasteiger partial charge in [-0.05, 0) is 48.9 Å². The number of carbonyl (C=O) groups is 1. The Bertz CT molecular complexity index is 917. The lowest BCUT2D eigenvalue weighted by Gasteiger charge is -2.17. The van der Waals surface area contributed by atoms with Crippen molar-refractivity contribution >= 4 is 11.7 Å². The number of aryl methyl sites for hydroxylation is 1. The Kier molecular flexibility index (Phi) is 4.44. The first-order valence-corrected chi connectivity index (χ1v) is 8.99. The quantitative estimate of drug-likeness (QED) is 0.716. The molecule has 1 aromatic heterocycles. The van der Waals surface area contributed by atoms with Crippen molar-refractivity contribution < 1.29 is 4.79 Å². The van der Waals surface area contributed by atoms with Gasteiger partial charge in [-0.15, -0.1) is 0 Å². The molecule has 1 aliphatic rings. The van der Waals surface area contributed by atoms with Crippen molar-refractivity contribution in [1.82, 2.24) is 15.1 Å². The molecule has 5 nitrogen and oxygen atoms in total. The number of rotatable bonds is 3. The van der Waals surface area contributed by atoms with Crippen LogP contribution < -0.4 is 11.1 Å². The molecule has 1 unspecified atom stereocenters. The fourth-order valence-corrected chi connectivity index (χ4v) is 3.60. The highest BCUT2D eigenvalue weighted by molar-refractivity contribution is 5.98. The summed E-state index contributed by atoms with van der Waals surface area (Å²) in [6.45, 7) is 0. The third-order valence-corrected chi connectivity index (χ3v) is 4.97. The summed E-state index contributed by atoms with van der Waals surface area (Å²) in [7, 11) is 0. The standard InChI is InChI=1S/C21H22N4O/c22-20-19(14-23-25(20)18-11-2-1-3-12-18)21(26)24-17-10-6-9-15-7-4-5-8-16(15)13-17/h1-5,7-8,11-12,14,17H,6,9-10,13,22H2,(H,24,26). The summed E-state index contributed by atoms with van der Waals surface area (Å²) >= 11 is 0. The smallest absolute Gasteiger partial charge is 0.256 e. The van der Waals surface area contributed by atoms with Crippen LogP contribution in [0.5, 0.6) is 0 Å². The van der Waals surface area contributed by atoms with Crippen LogP contribution in [0.25, 0.3) is 5.69 Å². The highest BCUT2D eigenvalue weighted by atomic mass is 16.1. The molecule has 0 bridgehead atoms. The van der Waals surface area contributed by atoms with Crippen LogP contribution >= 0.6 is 0 Å². The van der Waals surface area contributed by atoms with Gasteiger partial charge in [0, 0.05) is 6.04 Å². The first-order chi connectivity index (χ1) is 12.7. The predicted octanol–water partition coefficient (Wildman–Crippen LogP) is 3.13. The van der Waals surface area contributed by atoms with Crippen LogP contribution in [0.4, 0.5) is 5.82 Å². The average Bonchev–Trinajstić information content (AvgIpc) is 2.93. The topological polar surface area (TPSA) is 72.9 Å². The Labute approximate surface area is 152 Å². The Morgan fingerprint density at radius 3 is 2.62 bits per heavy atom. The van der Waals surface area contributed by atoms with Crippen molar-refractivity contribution in [3.8, 4) is 5.69 Å². The number of hydrogen-bond donors (Lipinski definition) is 2. The summed E-state index contributed by atoms with van der Waals surface area (Å²) in [4.78, 5) is 12.8. The first-order valence-electron chi connectivity index (χ1n) is 8.99. The zero-order chi connectivity index (χ0) is 17.9. The Hall–Kier alpha value is -3.08. The number of hydrogen-bond acceptors (Lipinski definition) is 3. The molecule has 0 saturated carbocycles. The van der Waals surface area contributed by atoms with E-state index in [0.717, 1.165) is 31.4 Å². The highest BCUT2D eigenvalue weighted by Crippen LogP contribution is 2.22. The van der Waals surface area contributed by atoms with Crippen molar-refractivity contribution in [3.63, 3.8) is 0 Å². The molecule has 5 heteroatoms. The molecule has 2 aromatic carbocycles. The van der Waals surface area contributed by atoms with E-state index in [1.54, 1.807) is 10.9 Å². The van der Waals surface area contributed by atoms with E-state index in [1.807, 2.05) is 30.3 Å². The van der Waals surface area contributed by atoms with Gasteiger partial charge in [0.1, 0.15) is 11.4 Å². The van der Waals surface area contributed by atoms with Crippen molar-refractivity contribution in [2.45, 2.75) is 31.7 Å². The molecule has 3 aromatic rings. The maximum absolute atomic E-state index is 12.8. The summed E-state index contributed by atoms with van der Waals surface area (Å²) in [6, 6.07) is 18.2. The number of anilines is 1. The van der Waals surface area contributed by atoms with Crippen LogP contribution in [0.15, 0.2) is 60.8 Å². The lowest BCUT2D eigenvalue weighted by molar-refractivity contribution is 0.0936. The monoisotopic (exact) mass is 346 g/mol. The van der Waals surface area contributed by atoms with E-state index in [0.29, 0.717) is 11.4 Å². The third kappa shape index (κ3) is 3.20. The van der Waals surface area contributed by atoms with Crippen molar-refractivity contribution in [1.29, 1.82) is 0 Å². The van der Waals surface area contributed by atoms with Gasteiger partial charge < -0.3 is 11.1 Å². The van der Waals surface area contributed by atoms with Crippen LogP contribution in [-0.2, 0) is 12.8 Å². The normalized spacial score (nSPS) is 16.5. The zero-order valence-electron chi connectivity index (χ0n) is 14.6. The summed E-state index contributed by atoms with van der Waals surface area (Å²) in [5.41, 5.74) is 10.2. The maximum Gasteiger partial charge on any atom is 0.256 e. The average molecular weight is 346 g/mol. The summed E-state index contributed by atoms with van der Waals surface area (Å²) < 4.78 is 1.59. The van der Waals surface area contributed by atoms with E-state index in [-0.39, 0.29) is 11.9 Å². The van der Waals surface area contributed by atoms with Crippen molar-refractivity contribution in [2.75, 3.05) is 5.73 Å². The van der Waals surface area contributed by atoms with E-state index in [4.69, 9.17) is 5.73 Å². The molecule has 1 aliphatic carbocycles. The Balaban J connectivity index is 1.51. The number of carbonyl (C=O) groups excluding carboxylic acids is 1. The largest absolute Gasteiger partial charge is 0.383 e. The van der Waals surface area contributed by atoms with E-state index in [1.165, 1.54) is 11.1 Å². The number of nitrogen functional groups attached to an aromatic ring is 1. The van der Waals surface area contributed by atoms with Crippen LogP contribution in [-0.4, -0.2) is 21.7 Å². The zero-order valence-corrected chi connectivity index (χ0v) is 14.6. The molecule has 26 heavy (non-hydrogen) atoms. The molecular weight excluding hydrogens is 324 g/mol. The van der Waals surface area contributed by atoms with Gasteiger partial charge in [-0.2, -0.15) is 5.10 Å². The Morgan fingerprint density at radius 1 is 1.08 bits per heavy atom. The summed E-state index contributed by atoms with van der Waals surface area (Å²) in [5, 5.41) is 7.43. The van der Waals surface area contributed by atoms with Gasteiger partial charge in [-0.3, -0.25) is 4.79 Å². The second-order valence-electron chi connectivity index (χ2n) is 6.73. The SMILES string of the molecule is Nc1c(C(=O)NC2CCCc3ccccc3C2)cnn1-c1ccccc1. The molecule has 1 heterocycles. The number of para-hydroxylation sites is 1. The van der Waals surface area contributed by atoms with Crippen LogP contribution in [0, 0.1) is 0 Å². The van der Waals surface area contributed by atoms with Gasteiger partial charge in [-0.25, -0.2) is 4.68 Å². The summed E-state index contributed by atoms with van der Waals surface area (Å²) in [5.74, 6) is 0.205. The molecular formula is C21H22N4O. The predicted molar refractivity (Wildman–Crippen MR) is 102 cm³/mol. The van der Waals surface area contributed by atoms with E-state index in [2.05, 4.69) is 34.7 Å². The minimum absolute atomic E-state index is 0.116. The van der Waals surface area contributed by atoms with Gasteiger partial charge >= 0.3 is 0 Å². The molecule has 0 radical (unpaired) electrons. The molecule has 132 valence electrons. The van der Waals surface area contributed by atoms with Gasteiger partial charge in [0.05, 0.1) is 11.9 Å².